The highest BCUT2D eigenvalue weighted by Gasteiger charge is 2.29. The monoisotopic (exact) mass is 444 g/mol. The Labute approximate surface area is 195 Å². The summed E-state index contributed by atoms with van der Waals surface area (Å²) in [6.07, 6.45) is 2.23. The van der Waals surface area contributed by atoms with E-state index in [9.17, 15) is 0 Å². The fraction of sp³-hybridized carbons (Fsp3) is 0.370. The Kier molecular flexibility index (Phi) is 5.78. The largest absolute Gasteiger partial charge is 0.353 e. The van der Waals surface area contributed by atoms with Crippen molar-refractivity contribution in [3.05, 3.63) is 76.7 Å². The van der Waals surface area contributed by atoms with E-state index in [1.165, 1.54) is 21.0 Å². The number of aliphatic imine (C=N–C) groups is 1. The predicted molar refractivity (Wildman–Crippen MR) is 137 cm³/mol. The van der Waals surface area contributed by atoms with Gasteiger partial charge in [-0.3, -0.25) is 0 Å². The third-order valence-corrected chi connectivity index (χ3v) is 7.75. The van der Waals surface area contributed by atoms with Crippen molar-refractivity contribution in [3.63, 3.8) is 0 Å². The number of anilines is 2. The zero-order chi connectivity index (χ0) is 22.1. The van der Waals surface area contributed by atoms with E-state index in [4.69, 9.17) is 4.99 Å². The average molecular weight is 445 g/mol. The van der Waals surface area contributed by atoms with Crippen molar-refractivity contribution in [3.8, 4) is 0 Å². The number of nitrogens with zero attached hydrogens (tertiary/aromatic N) is 2. The van der Waals surface area contributed by atoms with Gasteiger partial charge in [0, 0.05) is 30.6 Å². The molecule has 2 aliphatic rings. The van der Waals surface area contributed by atoms with Crippen LogP contribution in [0.1, 0.15) is 43.2 Å². The highest BCUT2D eigenvalue weighted by molar-refractivity contribution is 7.16. The van der Waals surface area contributed by atoms with E-state index >= 15 is 0 Å². The highest BCUT2D eigenvalue weighted by atomic mass is 32.1. The molecule has 3 aromatic rings. The van der Waals surface area contributed by atoms with Crippen LogP contribution in [0.2, 0.25) is 0 Å². The summed E-state index contributed by atoms with van der Waals surface area (Å²) >= 11 is 1.86. The van der Waals surface area contributed by atoms with E-state index in [0.29, 0.717) is 6.04 Å². The molecule has 0 radical (unpaired) electrons. The summed E-state index contributed by atoms with van der Waals surface area (Å²) < 4.78 is 0. The maximum absolute atomic E-state index is 5.21. The number of piperazine rings is 1. The number of benzene rings is 2. The van der Waals surface area contributed by atoms with Crippen LogP contribution in [0.3, 0.4) is 0 Å². The summed E-state index contributed by atoms with van der Waals surface area (Å²) in [6.45, 7) is 9.80. The molecule has 0 amide bonds. The molecule has 0 saturated carbocycles. The van der Waals surface area contributed by atoms with Crippen LogP contribution in [0.4, 0.5) is 16.4 Å². The van der Waals surface area contributed by atoms with E-state index in [0.717, 1.165) is 49.7 Å². The Bertz CT molecular complexity index is 1110. The molecule has 0 unspecified atom stereocenters. The number of rotatable bonds is 3. The molecule has 2 N–H and O–H groups in total. The molecule has 5 heteroatoms. The van der Waals surface area contributed by atoms with E-state index in [-0.39, 0.29) is 5.41 Å². The number of para-hydroxylation sites is 2. The first kappa shape index (κ1) is 21.2. The second-order valence-corrected chi connectivity index (χ2v) is 10.9. The molecular formula is C27H32N4S. The van der Waals surface area contributed by atoms with Crippen LogP contribution in [0.15, 0.2) is 65.7 Å². The molecule has 1 fully saturated rings. The van der Waals surface area contributed by atoms with Gasteiger partial charge in [-0.1, -0.05) is 63.2 Å². The zero-order valence-corrected chi connectivity index (χ0v) is 20.0. The lowest BCUT2D eigenvalue weighted by Gasteiger charge is -2.36. The van der Waals surface area contributed by atoms with Crippen LogP contribution >= 0.6 is 11.3 Å². The van der Waals surface area contributed by atoms with Crippen molar-refractivity contribution in [2.24, 2.45) is 4.99 Å². The number of hydrogen-bond donors (Lipinski definition) is 2. The maximum Gasteiger partial charge on any atom is 0.139 e. The Morgan fingerprint density at radius 2 is 1.84 bits per heavy atom. The van der Waals surface area contributed by atoms with Gasteiger partial charge in [0.1, 0.15) is 10.8 Å². The van der Waals surface area contributed by atoms with E-state index in [2.05, 4.69) is 97.0 Å². The van der Waals surface area contributed by atoms with Gasteiger partial charge in [0.05, 0.1) is 16.9 Å². The van der Waals surface area contributed by atoms with Gasteiger partial charge < -0.3 is 15.5 Å². The first-order chi connectivity index (χ1) is 15.5. The van der Waals surface area contributed by atoms with Gasteiger partial charge >= 0.3 is 0 Å². The number of hydrogen-bond acceptors (Lipinski definition) is 5. The van der Waals surface area contributed by atoms with Crippen molar-refractivity contribution in [2.45, 2.75) is 45.1 Å². The molecule has 166 valence electrons. The molecule has 0 aliphatic carbocycles. The summed E-state index contributed by atoms with van der Waals surface area (Å²) in [4.78, 5) is 9.09. The van der Waals surface area contributed by atoms with Gasteiger partial charge in [-0.25, -0.2) is 4.99 Å². The smallest absolute Gasteiger partial charge is 0.139 e. The molecule has 32 heavy (non-hydrogen) atoms. The fourth-order valence-electron chi connectivity index (χ4n) is 4.43. The maximum atomic E-state index is 5.21. The van der Waals surface area contributed by atoms with Gasteiger partial charge in [-0.05, 0) is 42.0 Å². The number of aryl methyl sites for hydroxylation is 1. The van der Waals surface area contributed by atoms with Gasteiger partial charge in [-0.2, -0.15) is 0 Å². The third kappa shape index (κ3) is 4.45. The summed E-state index contributed by atoms with van der Waals surface area (Å²) in [5.74, 6) is 1.11. The second kappa shape index (κ2) is 8.72. The van der Waals surface area contributed by atoms with Crippen molar-refractivity contribution in [1.29, 1.82) is 0 Å². The van der Waals surface area contributed by atoms with E-state index < -0.39 is 0 Å². The van der Waals surface area contributed by atoms with Crippen LogP contribution in [0.25, 0.3) is 0 Å². The molecule has 0 spiro atoms. The normalized spacial score (nSPS) is 18.3. The minimum atomic E-state index is 0.116. The lowest BCUT2D eigenvalue weighted by molar-refractivity contribution is 0.282. The Hall–Kier alpha value is -2.63. The lowest BCUT2D eigenvalue weighted by atomic mass is 9.94. The van der Waals surface area contributed by atoms with E-state index in [1.807, 2.05) is 11.3 Å². The van der Waals surface area contributed by atoms with Crippen LogP contribution in [0.5, 0.6) is 0 Å². The molecule has 1 saturated heterocycles. The van der Waals surface area contributed by atoms with Gasteiger partial charge in [0.2, 0.25) is 0 Å². The number of fused-ring (bicyclic) bond motifs is 2. The molecule has 5 rings (SSSR count). The first-order valence-electron chi connectivity index (χ1n) is 11.6. The van der Waals surface area contributed by atoms with Crippen molar-refractivity contribution < 1.29 is 0 Å². The molecule has 2 aromatic carbocycles. The third-order valence-electron chi connectivity index (χ3n) is 6.27. The summed E-state index contributed by atoms with van der Waals surface area (Å²) in [6, 6.07) is 22.0. The first-order valence-corrected chi connectivity index (χ1v) is 12.4. The summed E-state index contributed by atoms with van der Waals surface area (Å²) in [5.41, 5.74) is 4.86. The topological polar surface area (TPSA) is 39.7 Å². The highest BCUT2D eigenvalue weighted by Crippen LogP contribution is 2.42. The minimum Gasteiger partial charge on any atom is -0.353 e. The van der Waals surface area contributed by atoms with Crippen LogP contribution < -0.4 is 10.6 Å². The standard InChI is InChI=1S/C27H32N4S/c1-27(2,3)24-17-21-25(29-22-11-7-8-12-23(22)30-26(21)32-24)31-16-15-28-20(18-31)14-13-19-9-5-4-6-10-19/h4-12,17,20,28,30H,13-16,18H2,1-3H3/t20-/m0/s1. The second-order valence-electron chi connectivity index (χ2n) is 9.80. The molecule has 1 atom stereocenters. The molecule has 4 nitrogen and oxygen atoms in total. The van der Waals surface area contributed by atoms with Gasteiger partial charge in [0.25, 0.3) is 0 Å². The Morgan fingerprint density at radius 1 is 1.06 bits per heavy atom. The lowest BCUT2D eigenvalue weighted by Crippen LogP contribution is -2.52. The number of thiophene rings is 1. The van der Waals surface area contributed by atoms with Crippen LogP contribution in [-0.2, 0) is 11.8 Å². The molecule has 0 bridgehead atoms. The van der Waals surface area contributed by atoms with Gasteiger partial charge in [0.15, 0.2) is 0 Å². The SMILES string of the molecule is CC(C)(C)c1cc2c(s1)Nc1ccccc1N=C2N1CCN[C@@H](CCc2ccccc2)C1. The van der Waals surface area contributed by atoms with Crippen molar-refractivity contribution in [2.75, 3.05) is 25.0 Å². The average Bonchev–Trinajstić information content (AvgIpc) is 3.15. The summed E-state index contributed by atoms with van der Waals surface area (Å²) in [7, 11) is 0. The fourth-order valence-corrected chi connectivity index (χ4v) is 5.55. The molecule has 2 aliphatic heterocycles. The zero-order valence-electron chi connectivity index (χ0n) is 19.2. The Balaban J connectivity index is 1.44. The predicted octanol–water partition coefficient (Wildman–Crippen LogP) is 6.09. The van der Waals surface area contributed by atoms with Crippen molar-refractivity contribution in [1.82, 2.24) is 10.2 Å². The Morgan fingerprint density at radius 3 is 2.66 bits per heavy atom. The minimum absolute atomic E-state index is 0.116. The molecule has 3 heterocycles. The van der Waals surface area contributed by atoms with Gasteiger partial charge in [-0.15, -0.1) is 11.3 Å². The quantitative estimate of drug-likeness (QED) is 0.514. The summed E-state index contributed by atoms with van der Waals surface area (Å²) in [5, 5.41) is 8.63. The number of amidine groups is 1. The van der Waals surface area contributed by atoms with Crippen LogP contribution in [-0.4, -0.2) is 36.4 Å². The molecule has 1 aromatic heterocycles. The molecular weight excluding hydrogens is 412 g/mol. The van der Waals surface area contributed by atoms with Crippen LogP contribution in [0, 0.1) is 0 Å². The van der Waals surface area contributed by atoms with E-state index in [1.54, 1.807) is 0 Å². The number of nitrogens with one attached hydrogen (secondary N) is 2. The van der Waals surface area contributed by atoms with Crippen molar-refractivity contribution >= 4 is 33.5 Å².